The van der Waals surface area contributed by atoms with E-state index in [1.54, 1.807) is 12.1 Å². The fourth-order valence-corrected chi connectivity index (χ4v) is 1.84. The molecule has 0 aromatic heterocycles. The molecule has 5 heteroatoms. The Balaban J connectivity index is 2.42. The number of carbonyl (C=O) groups excluding carboxylic acids is 1. The van der Waals surface area contributed by atoms with Crippen LogP contribution in [0.3, 0.4) is 0 Å². The van der Waals surface area contributed by atoms with Gasteiger partial charge in [-0.15, -0.1) is 0 Å². The normalized spacial score (nSPS) is 10.5. The molecule has 19 heavy (non-hydrogen) atoms. The predicted molar refractivity (Wildman–Crippen MR) is 82.4 cm³/mol. The summed E-state index contributed by atoms with van der Waals surface area (Å²) in [5.41, 5.74) is 7.16. The van der Waals surface area contributed by atoms with Crippen molar-refractivity contribution in [2.24, 2.45) is 5.73 Å². The minimum absolute atomic E-state index is 0.0411. The second-order valence-corrected chi connectivity index (χ2v) is 5.28. The van der Waals surface area contributed by atoms with E-state index < -0.39 is 0 Å². The van der Waals surface area contributed by atoms with E-state index in [4.69, 9.17) is 18.0 Å². The summed E-state index contributed by atoms with van der Waals surface area (Å²) in [5.74, 6) is -0.0411. The van der Waals surface area contributed by atoms with Crippen molar-refractivity contribution in [1.29, 1.82) is 0 Å². The molecule has 1 amide bonds. The fraction of sp³-hybridized carbons (Fsp3) is 0.429. The molecule has 1 aromatic carbocycles. The van der Waals surface area contributed by atoms with E-state index >= 15 is 0 Å². The Morgan fingerprint density at radius 1 is 1.32 bits per heavy atom. The Kier molecular flexibility index (Phi) is 6.45. The molecule has 0 saturated heterocycles. The lowest BCUT2D eigenvalue weighted by molar-refractivity contribution is 0.0952. The van der Waals surface area contributed by atoms with Crippen molar-refractivity contribution < 1.29 is 4.79 Å². The molecular weight excluding hydrogens is 258 g/mol. The number of nitrogens with one attached hydrogen (secondary N) is 1. The van der Waals surface area contributed by atoms with Crippen LogP contribution in [-0.4, -0.2) is 43.0 Å². The molecule has 0 radical (unpaired) electrons. The predicted octanol–water partition coefficient (Wildman–Crippen LogP) is 1.20. The van der Waals surface area contributed by atoms with Crippen LogP contribution in [0.1, 0.15) is 22.3 Å². The topological polar surface area (TPSA) is 58.4 Å². The Hall–Kier alpha value is -1.46. The molecule has 0 fully saturated rings. The van der Waals surface area contributed by atoms with Crippen LogP contribution >= 0.6 is 12.2 Å². The number of benzene rings is 1. The lowest BCUT2D eigenvalue weighted by Crippen LogP contribution is -2.27. The number of hydrogen-bond donors (Lipinski definition) is 2. The minimum atomic E-state index is -0.0411. The summed E-state index contributed by atoms with van der Waals surface area (Å²) < 4.78 is 0. The molecular formula is C14H21N3OS. The molecule has 3 N–H and O–H groups in total. The highest BCUT2D eigenvalue weighted by atomic mass is 32.1. The molecule has 0 atom stereocenters. The zero-order valence-electron chi connectivity index (χ0n) is 11.5. The number of hydrogen-bond acceptors (Lipinski definition) is 3. The van der Waals surface area contributed by atoms with Crippen molar-refractivity contribution in [1.82, 2.24) is 10.2 Å². The molecule has 1 aromatic rings. The van der Waals surface area contributed by atoms with E-state index in [1.807, 2.05) is 26.2 Å². The first-order valence-corrected chi connectivity index (χ1v) is 6.70. The quantitative estimate of drug-likeness (QED) is 0.581. The molecule has 104 valence electrons. The van der Waals surface area contributed by atoms with Crippen molar-refractivity contribution in [2.75, 3.05) is 27.2 Å². The fourth-order valence-electron chi connectivity index (χ4n) is 1.67. The number of thiocarbonyl (C=S) groups is 1. The van der Waals surface area contributed by atoms with Crippen LogP contribution in [-0.2, 0) is 6.42 Å². The van der Waals surface area contributed by atoms with Crippen LogP contribution in [0.5, 0.6) is 0 Å². The Morgan fingerprint density at radius 2 is 1.95 bits per heavy atom. The first kappa shape index (κ1) is 15.6. The van der Waals surface area contributed by atoms with Gasteiger partial charge in [0.1, 0.15) is 0 Å². The van der Waals surface area contributed by atoms with Gasteiger partial charge in [-0.1, -0.05) is 24.4 Å². The van der Waals surface area contributed by atoms with Gasteiger partial charge in [-0.05, 0) is 44.8 Å². The van der Waals surface area contributed by atoms with Gasteiger partial charge in [0, 0.05) is 18.5 Å². The van der Waals surface area contributed by atoms with Gasteiger partial charge in [0.25, 0.3) is 5.91 Å². The summed E-state index contributed by atoms with van der Waals surface area (Å²) in [6.07, 6.45) is 1.51. The van der Waals surface area contributed by atoms with Gasteiger partial charge in [-0.2, -0.15) is 0 Å². The van der Waals surface area contributed by atoms with Crippen molar-refractivity contribution in [3.05, 3.63) is 35.4 Å². The number of carbonyl (C=O) groups is 1. The van der Waals surface area contributed by atoms with Gasteiger partial charge in [0.2, 0.25) is 0 Å². The smallest absolute Gasteiger partial charge is 0.251 e. The summed E-state index contributed by atoms with van der Waals surface area (Å²) in [6, 6.07) is 7.37. The number of nitrogens with two attached hydrogens (primary N) is 1. The Morgan fingerprint density at radius 3 is 2.47 bits per heavy atom. The molecule has 0 spiro atoms. The monoisotopic (exact) mass is 279 g/mol. The van der Waals surface area contributed by atoms with E-state index in [-0.39, 0.29) is 5.91 Å². The van der Waals surface area contributed by atoms with Gasteiger partial charge >= 0.3 is 0 Å². The molecule has 0 aliphatic carbocycles. The maximum atomic E-state index is 11.8. The standard InChI is InChI=1S/C14H21N3OS/c1-17(2)9-3-8-16-14(18)12-6-4-11(5-7-12)10-13(15)19/h4-7H,3,8-10H2,1-2H3,(H2,15,19)(H,16,18). The van der Waals surface area contributed by atoms with Gasteiger partial charge in [-0.25, -0.2) is 0 Å². The number of rotatable bonds is 7. The summed E-state index contributed by atoms with van der Waals surface area (Å²) in [7, 11) is 4.03. The van der Waals surface area contributed by atoms with Crippen molar-refractivity contribution in [2.45, 2.75) is 12.8 Å². The summed E-state index contributed by atoms with van der Waals surface area (Å²) >= 11 is 4.85. The van der Waals surface area contributed by atoms with E-state index in [0.717, 1.165) is 18.5 Å². The van der Waals surface area contributed by atoms with Crippen LogP contribution in [0.15, 0.2) is 24.3 Å². The molecule has 0 aliphatic heterocycles. The SMILES string of the molecule is CN(C)CCCNC(=O)c1ccc(CC(N)=S)cc1. The van der Waals surface area contributed by atoms with Crippen LogP contribution in [0, 0.1) is 0 Å². The highest BCUT2D eigenvalue weighted by Crippen LogP contribution is 2.05. The molecule has 0 saturated carbocycles. The van der Waals surface area contributed by atoms with E-state index in [9.17, 15) is 4.79 Å². The molecule has 0 bridgehead atoms. The van der Waals surface area contributed by atoms with Gasteiger partial charge in [-0.3, -0.25) is 4.79 Å². The lowest BCUT2D eigenvalue weighted by Gasteiger charge is -2.10. The van der Waals surface area contributed by atoms with Crippen molar-refractivity contribution >= 4 is 23.1 Å². The highest BCUT2D eigenvalue weighted by Gasteiger charge is 2.05. The van der Waals surface area contributed by atoms with Crippen molar-refractivity contribution in [3.8, 4) is 0 Å². The molecule has 0 heterocycles. The highest BCUT2D eigenvalue weighted by molar-refractivity contribution is 7.80. The average molecular weight is 279 g/mol. The van der Waals surface area contributed by atoms with Crippen LogP contribution in [0.2, 0.25) is 0 Å². The van der Waals surface area contributed by atoms with E-state index in [0.29, 0.717) is 23.5 Å². The Labute approximate surface area is 120 Å². The first-order chi connectivity index (χ1) is 8.99. The van der Waals surface area contributed by atoms with Crippen LogP contribution in [0.25, 0.3) is 0 Å². The largest absolute Gasteiger partial charge is 0.393 e. The minimum Gasteiger partial charge on any atom is -0.393 e. The maximum absolute atomic E-state index is 11.8. The van der Waals surface area contributed by atoms with Crippen LogP contribution < -0.4 is 11.1 Å². The third kappa shape index (κ3) is 6.31. The van der Waals surface area contributed by atoms with Gasteiger partial charge in [0.05, 0.1) is 4.99 Å². The molecule has 4 nitrogen and oxygen atoms in total. The Bertz CT molecular complexity index is 429. The third-order valence-electron chi connectivity index (χ3n) is 2.66. The first-order valence-electron chi connectivity index (χ1n) is 6.29. The van der Waals surface area contributed by atoms with E-state index in [2.05, 4.69) is 10.2 Å². The summed E-state index contributed by atoms with van der Waals surface area (Å²) in [4.78, 5) is 14.4. The zero-order chi connectivity index (χ0) is 14.3. The van der Waals surface area contributed by atoms with Crippen LogP contribution in [0.4, 0.5) is 0 Å². The maximum Gasteiger partial charge on any atom is 0.251 e. The third-order valence-corrected chi connectivity index (χ3v) is 2.81. The zero-order valence-corrected chi connectivity index (χ0v) is 12.3. The summed E-state index contributed by atoms with van der Waals surface area (Å²) in [6.45, 7) is 1.65. The second-order valence-electron chi connectivity index (χ2n) is 4.75. The van der Waals surface area contributed by atoms with Crippen molar-refractivity contribution in [3.63, 3.8) is 0 Å². The molecule has 0 aliphatic rings. The lowest BCUT2D eigenvalue weighted by atomic mass is 10.1. The summed E-state index contributed by atoms with van der Waals surface area (Å²) in [5, 5.41) is 2.90. The van der Waals surface area contributed by atoms with E-state index in [1.165, 1.54) is 0 Å². The molecule has 0 unspecified atom stereocenters. The molecule has 1 rings (SSSR count). The number of nitrogens with zero attached hydrogens (tertiary/aromatic N) is 1. The number of amides is 1. The average Bonchev–Trinajstić information content (AvgIpc) is 2.34. The second kappa shape index (κ2) is 7.86. The van der Waals surface area contributed by atoms with Gasteiger partial charge < -0.3 is 16.0 Å². The van der Waals surface area contributed by atoms with Gasteiger partial charge in [0.15, 0.2) is 0 Å².